The van der Waals surface area contributed by atoms with Crippen LogP contribution in [0.1, 0.15) is 30.1 Å². The first kappa shape index (κ1) is 23.6. The number of hydrogen-bond acceptors (Lipinski definition) is 6. The smallest absolute Gasteiger partial charge is 0.409 e. The third-order valence-electron chi connectivity index (χ3n) is 4.67. The van der Waals surface area contributed by atoms with Crippen LogP contribution in [-0.4, -0.2) is 81.9 Å². The highest BCUT2D eigenvalue weighted by Crippen LogP contribution is 2.15. The second-order valence-electron chi connectivity index (χ2n) is 7.03. The number of carbonyl (C=O) groups is 3. The molecule has 0 spiro atoms. The first-order valence-electron chi connectivity index (χ1n) is 9.67. The van der Waals surface area contributed by atoms with Crippen LogP contribution in [0.5, 0.6) is 0 Å². The highest BCUT2D eigenvalue weighted by Gasteiger charge is 2.24. The molecule has 1 heterocycles. The van der Waals surface area contributed by atoms with Gasteiger partial charge >= 0.3 is 6.09 Å². The van der Waals surface area contributed by atoms with Crippen molar-refractivity contribution in [3.8, 4) is 0 Å². The summed E-state index contributed by atoms with van der Waals surface area (Å²) in [7, 11) is -0.848. The summed E-state index contributed by atoms with van der Waals surface area (Å²) >= 11 is 0. The molecular weight excluding hydrogens is 412 g/mol. The van der Waals surface area contributed by atoms with Gasteiger partial charge in [-0.15, -0.1) is 0 Å². The number of piperidine rings is 1. The topological polar surface area (TPSA) is 125 Å². The van der Waals surface area contributed by atoms with E-state index in [9.17, 15) is 22.8 Å². The van der Waals surface area contributed by atoms with Gasteiger partial charge in [-0.05, 0) is 38.0 Å². The lowest BCUT2D eigenvalue weighted by molar-refractivity contribution is -0.121. The predicted octanol–water partition coefficient (Wildman–Crippen LogP) is 0.404. The maximum atomic E-state index is 12.3. The molecule has 3 amide bonds. The second-order valence-corrected chi connectivity index (χ2v) is 9.18. The Kier molecular flexibility index (Phi) is 8.18. The summed E-state index contributed by atoms with van der Waals surface area (Å²) in [5.74, 6) is -0.895. The van der Waals surface area contributed by atoms with Gasteiger partial charge in [-0.1, -0.05) is 6.07 Å². The molecule has 1 aliphatic heterocycles. The number of rotatable bonds is 7. The molecule has 1 saturated heterocycles. The van der Waals surface area contributed by atoms with Crippen molar-refractivity contribution in [1.82, 2.24) is 19.8 Å². The minimum atomic E-state index is -3.66. The summed E-state index contributed by atoms with van der Waals surface area (Å²) in [6, 6.07) is 5.54. The fourth-order valence-electron chi connectivity index (χ4n) is 2.97. The van der Waals surface area contributed by atoms with Crippen LogP contribution in [0.2, 0.25) is 0 Å². The molecule has 0 aromatic heterocycles. The molecule has 10 nitrogen and oxygen atoms in total. The van der Waals surface area contributed by atoms with E-state index in [0.717, 1.165) is 4.31 Å². The van der Waals surface area contributed by atoms with E-state index in [1.807, 2.05) is 0 Å². The fourth-order valence-corrected chi connectivity index (χ4v) is 3.92. The Balaban J connectivity index is 1.83. The van der Waals surface area contributed by atoms with Crippen LogP contribution in [0.4, 0.5) is 4.79 Å². The van der Waals surface area contributed by atoms with Crippen molar-refractivity contribution in [2.24, 2.45) is 0 Å². The lowest BCUT2D eigenvalue weighted by Crippen LogP contribution is -2.48. The molecule has 166 valence electrons. The first-order valence-corrected chi connectivity index (χ1v) is 11.1. The van der Waals surface area contributed by atoms with Gasteiger partial charge in [0.05, 0.1) is 18.0 Å². The van der Waals surface area contributed by atoms with Crippen LogP contribution < -0.4 is 10.6 Å². The Morgan fingerprint density at radius 3 is 2.47 bits per heavy atom. The lowest BCUT2D eigenvalue weighted by atomic mass is 10.1. The van der Waals surface area contributed by atoms with Gasteiger partial charge in [0.25, 0.3) is 5.91 Å². The fraction of sp³-hybridized carbons (Fsp3) is 0.526. The number of hydrogen-bond donors (Lipinski definition) is 2. The van der Waals surface area contributed by atoms with Crippen LogP contribution in [0.15, 0.2) is 29.2 Å². The Labute approximate surface area is 176 Å². The van der Waals surface area contributed by atoms with E-state index in [4.69, 9.17) is 4.74 Å². The molecule has 0 aliphatic carbocycles. The summed E-state index contributed by atoms with van der Waals surface area (Å²) in [5.41, 5.74) is 0.147. The van der Waals surface area contributed by atoms with Crippen molar-refractivity contribution >= 4 is 27.9 Å². The van der Waals surface area contributed by atoms with Gasteiger partial charge in [-0.25, -0.2) is 17.5 Å². The summed E-state index contributed by atoms with van der Waals surface area (Å²) in [5, 5.41) is 5.33. The van der Waals surface area contributed by atoms with Crippen molar-refractivity contribution in [2.75, 3.05) is 40.3 Å². The SMILES string of the molecule is CCOC(=O)N1CCC(NC(=O)CNC(=O)c2cccc(S(=O)(=O)N(C)C)c2)CC1. The van der Waals surface area contributed by atoms with Gasteiger partial charge < -0.3 is 20.3 Å². The van der Waals surface area contributed by atoms with Crippen molar-refractivity contribution in [3.05, 3.63) is 29.8 Å². The number of nitrogens with zero attached hydrogens (tertiary/aromatic N) is 2. The van der Waals surface area contributed by atoms with E-state index in [2.05, 4.69) is 10.6 Å². The molecule has 30 heavy (non-hydrogen) atoms. The molecule has 11 heteroatoms. The zero-order chi connectivity index (χ0) is 22.3. The third-order valence-corrected chi connectivity index (χ3v) is 6.48. The zero-order valence-electron chi connectivity index (χ0n) is 17.4. The normalized spacial score (nSPS) is 15.0. The standard InChI is InChI=1S/C19H28N4O6S/c1-4-29-19(26)23-10-8-15(9-11-23)21-17(24)13-20-18(25)14-6-5-7-16(12-14)30(27,28)22(2)3/h5-7,12,15H,4,8-11,13H2,1-3H3,(H,20,25)(H,21,24). The summed E-state index contributed by atoms with van der Waals surface area (Å²) in [4.78, 5) is 37.7. The maximum absolute atomic E-state index is 12.3. The van der Waals surface area contributed by atoms with Crippen molar-refractivity contribution in [3.63, 3.8) is 0 Å². The lowest BCUT2D eigenvalue weighted by Gasteiger charge is -2.31. The molecule has 1 fully saturated rings. The monoisotopic (exact) mass is 440 g/mol. The van der Waals surface area contributed by atoms with Gasteiger partial charge in [0, 0.05) is 38.8 Å². The van der Waals surface area contributed by atoms with Gasteiger partial charge in [0.2, 0.25) is 15.9 Å². The van der Waals surface area contributed by atoms with E-state index in [-0.39, 0.29) is 35.0 Å². The average Bonchev–Trinajstić information content (AvgIpc) is 2.72. The van der Waals surface area contributed by atoms with Crippen LogP contribution in [0.3, 0.4) is 0 Å². The third kappa shape index (κ3) is 6.17. The molecule has 0 saturated carbocycles. The highest BCUT2D eigenvalue weighted by molar-refractivity contribution is 7.89. The summed E-state index contributed by atoms with van der Waals surface area (Å²) in [6.45, 7) is 2.81. The number of ether oxygens (including phenoxy) is 1. The van der Waals surface area contributed by atoms with E-state index in [0.29, 0.717) is 32.5 Å². The Bertz CT molecular complexity index is 879. The Morgan fingerprint density at radius 2 is 1.87 bits per heavy atom. The zero-order valence-corrected chi connectivity index (χ0v) is 18.2. The number of nitrogens with one attached hydrogen (secondary N) is 2. The molecular formula is C19H28N4O6S. The Morgan fingerprint density at radius 1 is 1.20 bits per heavy atom. The average molecular weight is 441 g/mol. The molecule has 0 radical (unpaired) electrons. The Hall–Kier alpha value is -2.66. The number of likely N-dealkylation sites (tertiary alicyclic amines) is 1. The molecule has 2 rings (SSSR count). The van der Waals surface area contributed by atoms with Crippen LogP contribution in [0, 0.1) is 0 Å². The second kappa shape index (κ2) is 10.4. The number of sulfonamides is 1. The predicted molar refractivity (Wildman–Crippen MR) is 109 cm³/mol. The minimum absolute atomic E-state index is 0.00189. The van der Waals surface area contributed by atoms with E-state index in [1.165, 1.54) is 38.4 Å². The summed E-state index contributed by atoms with van der Waals surface area (Å²) < 4.78 is 30.4. The van der Waals surface area contributed by atoms with Crippen molar-refractivity contribution in [2.45, 2.75) is 30.7 Å². The van der Waals surface area contributed by atoms with Crippen LogP contribution >= 0.6 is 0 Å². The molecule has 1 aromatic rings. The molecule has 0 bridgehead atoms. The largest absolute Gasteiger partial charge is 0.450 e. The van der Waals surface area contributed by atoms with Gasteiger partial charge in [-0.2, -0.15) is 0 Å². The molecule has 2 N–H and O–H groups in total. The van der Waals surface area contributed by atoms with Gasteiger partial charge in [0.15, 0.2) is 0 Å². The van der Waals surface area contributed by atoms with Crippen molar-refractivity contribution < 1.29 is 27.5 Å². The summed E-state index contributed by atoms with van der Waals surface area (Å²) in [6.07, 6.45) is 0.847. The molecule has 0 unspecified atom stereocenters. The van der Waals surface area contributed by atoms with Gasteiger partial charge in [-0.3, -0.25) is 9.59 Å². The number of amides is 3. The minimum Gasteiger partial charge on any atom is -0.450 e. The highest BCUT2D eigenvalue weighted by atomic mass is 32.2. The van der Waals surface area contributed by atoms with Crippen LogP contribution in [0.25, 0.3) is 0 Å². The van der Waals surface area contributed by atoms with Crippen LogP contribution in [-0.2, 0) is 19.6 Å². The maximum Gasteiger partial charge on any atom is 0.409 e. The quantitative estimate of drug-likeness (QED) is 0.632. The van der Waals surface area contributed by atoms with E-state index >= 15 is 0 Å². The van der Waals surface area contributed by atoms with Crippen molar-refractivity contribution in [1.29, 1.82) is 0 Å². The van der Waals surface area contributed by atoms with E-state index < -0.39 is 15.9 Å². The number of carbonyl (C=O) groups excluding carboxylic acids is 3. The number of benzene rings is 1. The molecule has 1 aromatic carbocycles. The first-order chi connectivity index (χ1) is 14.1. The molecule has 0 atom stereocenters. The van der Waals surface area contributed by atoms with Gasteiger partial charge in [0.1, 0.15) is 0 Å². The molecule has 1 aliphatic rings. The van der Waals surface area contributed by atoms with E-state index in [1.54, 1.807) is 11.8 Å².